The minimum Gasteiger partial charge on any atom is -0.480 e. The third kappa shape index (κ3) is 14.1. The van der Waals surface area contributed by atoms with E-state index < -0.39 is 50.3 Å². The van der Waals surface area contributed by atoms with Crippen molar-refractivity contribution in [2.75, 3.05) is 17.3 Å². The molecule has 9 aromatic carbocycles. The van der Waals surface area contributed by atoms with E-state index in [4.69, 9.17) is 17.2 Å². The van der Waals surface area contributed by atoms with E-state index in [0.717, 1.165) is 50.1 Å². The van der Waals surface area contributed by atoms with Gasteiger partial charge in [-0.2, -0.15) is 0 Å². The van der Waals surface area contributed by atoms with Gasteiger partial charge in [-0.25, -0.2) is 0 Å². The lowest BCUT2D eigenvalue weighted by molar-refractivity contribution is -0.138. The molecule has 0 unspecified atom stereocenters. The Hall–Kier alpha value is -7.68. The van der Waals surface area contributed by atoms with Crippen LogP contribution in [0.25, 0.3) is 0 Å². The second-order valence-corrected chi connectivity index (χ2v) is 21.8. The SMILES string of the molecule is N[C@H](CSC(c1ccccc1)(c1ccccc1)c1ccccc1)C(=O)O.N[C@H](CSC(c1ccccc1)(c1ccccc1)c1ccccc1)C(=O)O.N[C@H](CSC(c1ccccc1)(c1ccccc1)c1ccccc1)C(=O)O. The summed E-state index contributed by atoms with van der Waals surface area (Å²) in [5.74, 6) is -2.06. The lowest BCUT2D eigenvalue weighted by atomic mass is 9.84. The summed E-state index contributed by atoms with van der Waals surface area (Å²) < 4.78 is -1.59. The molecule has 0 fully saturated rings. The zero-order valence-corrected chi connectivity index (χ0v) is 45.3. The van der Waals surface area contributed by atoms with Crippen LogP contribution in [0.1, 0.15) is 50.1 Å². The van der Waals surface area contributed by atoms with Gasteiger partial charge in [-0.1, -0.05) is 273 Å². The standard InChI is InChI=1S/3C22H21NO2S/c3*23-20(21(24)25)16-26-22(17-10-4-1-5-11-17,18-12-6-2-7-13-18)19-14-8-3-9-15-19/h3*1-15,20H,16,23H2,(H,24,25)/t3*20-/m111/s1. The molecule has 9 nitrogen and oxygen atoms in total. The van der Waals surface area contributed by atoms with Crippen LogP contribution < -0.4 is 17.2 Å². The van der Waals surface area contributed by atoms with E-state index in [1.54, 1.807) is 35.3 Å². The number of thioether (sulfide) groups is 3. The summed E-state index contributed by atoms with van der Waals surface area (Å²) in [6.07, 6.45) is 0. The van der Waals surface area contributed by atoms with Crippen molar-refractivity contribution in [1.82, 2.24) is 0 Å². The number of hydrogen-bond donors (Lipinski definition) is 6. The molecule has 12 heteroatoms. The quantitative estimate of drug-likeness (QED) is 0.0374. The summed E-state index contributed by atoms with van der Waals surface area (Å²) in [5.41, 5.74) is 27.4. The van der Waals surface area contributed by atoms with E-state index in [-0.39, 0.29) is 0 Å². The van der Waals surface area contributed by atoms with Crippen molar-refractivity contribution >= 4 is 53.2 Å². The summed E-state index contributed by atoms with van der Waals surface area (Å²) in [7, 11) is 0. The largest absolute Gasteiger partial charge is 0.480 e. The predicted octanol–water partition coefficient (Wildman–Crippen LogP) is 12.4. The van der Waals surface area contributed by atoms with Crippen LogP contribution in [0.3, 0.4) is 0 Å². The van der Waals surface area contributed by atoms with Gasteiger partial charge in [0, 0.05) is 17.3 Å². The molecule has 3 atom stereocenters. The molecule has 78 heavy (non-hydrogen) atoms. The molecule has 396 valence electrons. The monoisotopic (exact) mass is 1090 g/mol. The van der Waals surface area contributed by atoms with Crippen molar-refractivity contribution < 1.29 is 29.7 Å². The maximum atomic E-state index is 11.3. The van der Waals surface area contributed by atoms with Crippen LogP contribution in [0.4, 0.5) is 0 Å². The van der Waals surface area contributed by atoms with Crippen molar-refractivity contribution in [3.05, 3.63) is 323 Å². The Morgan fingerprint density at radius 1 is 0.269 bits per heavy atom. The van der Waals surface area contributed by atoms with Crippen molar-refractivity contribution in [2.45, 2.75) is 32.4 Å². The fourth-order valence-corrected chi connectivity index (χ4v) is 13.6. The van der Waals surface area contributed by atoms with Crippen LogP contribution in [-0.4, -0.2) is 68.6 Å². The minimum absolute atomic E-state index is 0.300. The van der Waals surface area contributed by atoms with Crippen LogP contribution >= 0.6 is 35.3 Å². The molecule has 0 spiro atoms. The molecule has 9 aromatic rings. The van der Waals surface area contributed by atoms with E-state index >= 15 is 0 Å². The maximum absolute atomic E-state index is 11.3. The van der Waals surface area contributed by atoms with Crippen LogP contribution in [0.5, 0.6) is 0 Å². The van der Waals surface area contributed by atoms with Gasteiger partial charge in [-0.3, -0.25) is 14.4 Å². The van der Waals surface area contributed by atoms with Gasteiger partial charge < -0.3 is 32.5 Å². The molecular weight excluding hydrogens is 1030 g/mol. The number of carboxylic acids is 3. The van der Waals surface area contributed by atoms with Crippen molar-refractivity contribution in [2.24, 2.45) is 17.2 Å². The fraction of sp³-hybridized carbons (Fsp3) is 0.136. The summed E-state index contributed by atoms with van der Waals surface area (Å²) in [6.45, 7) is 0. The van der Waals surface area contributed by atoms with Crippen LogP contribution in [0.15, 0.2) is 273 Å². The zero-order valence-electron chi connectivity index (χ0n) is 42.9. The highest BCUT2D eigenvalue weighted by molar-refractivity contribution is 8.01. The number of aliphatic carboxylic acids is 3. The Bertz CT molecular complexity index is 2570. The molecule has 9 N–H and O–H groups in total. The van der Waals surface area contributed by atoms with E-state index in [1.165, 1.54) is 0 Å². The molecule has 0 saturated carbocycles. The Balaban J connectivity index is 0.000000170. The van der Waals surface area contributed by atoms with E-state index in [2.05, 4.69) is 109 Å². The highest BCUT2D eigenvalue weighted by Gasteiger charge is 2.40. The minimum atomic E-state index is -0.986. The number of rotatable bonds is 21. The highest BCUT2D eigenvalue weighted by Crippen LogP contribution is 2.51. The maximum Gasteiger partial charge on any atom is 0.321 e. The van der Waals surface area contributed by atoms with Gasteiger partial charge in [0.05, 0.1) is 14.2 Å². The second-order valence-electron chi connectivity index (χ2n) is 18.1. The van der Waals surface area contributed by atoms with E-state index in [9.17, 15) is 29.7 Å². The molecule has 0 aliphatic rings. The van der Waals surface area contributed by atoms with Gasteiger partial charge >= 0.3 is 17.9 Å². The normalized spacial score (nSPS) is 12.5. The summed E-state index contributed by atoms with van der Waals surface area (Å²) in [5, 5.41) is 27.8. The summed E-state index contributed by atoms with van der Waals surface area (Å²) >= 11 is 4.68. The third-order valence-corrected chi connectivity index (χ3v) is 18.0. The molecule has 0 aliphatic heterocycles. The van der Waals surface area contributed by atoms with Gasteiger partial charge in [0.2, 0.25) is 0 Å². The number of carboxylic acid groups (broad SMARTS) is 3. The highest BCUT2D eigenvalue weighted by atomic mass is 32.2. The molecule has 0 saturated heterocycles. The third-order valence-electron chi connectivity index (χ3n) is 13.0. The number of hydrogen-bond acceptors (Lipinski definition) is 9. The Morgan fingerprint density at radius 3 is 0.487 bits per heavy atom. The number of benzene rings is 9. The van der Waals surface area contributed by atoms with Crippen LogP contribution in [-0.2, 0) is 28.6 Å². The molecule has 9 rings (SSSR count). The first kappa shape index (κ1) is 58.0. The Morgan fingerprint density at radius 2 is 0.385 bits per heavy atom. The molecule has 0 amide bonds. The molecular formula is C66H63N3O6S3. The van der Waals surface area contributed by atoms with Crippen LogP contribution in [0, 0.1) is 0 Å². The van der Waals surface area contributed by atoms with Gasteiger partial charge in [-0.05, 0) is 50.1 Å². The molecule has 0 bridgehead atoms. The average Bonchev–Trinajstić information content (AvgIpc) is 3.56. The zero-order chi connectivity index (χ0) is 55.2. The first-order valence-corrected chi connectivity index (χ1v) is 28.3. The van der Waals surface area contributed by atoms with E-state index in [1.807, 2.05) is 164 Å². The van der Waals surface area contributed by atoms with Crippen molar-refractivity contribution in [3.8, 4) is 0 Å². The lowest BCUT2D eigenvalue weighted by Crippen LogP contribution is -2.36. The molecule has 0 aromatic heterocycles. The van der Waals surface area contributed by atoms with Gasteiger partial charge in [0.15, 0.2) is 0 Å². The Labute approximate surface area is 470 Å². The van der Waals surface area contributed by atoms with Crippen molar-refractivity contribution in [1.29, 1.82) is 0 Å². The fourth-order valence-electron chi connectivity index (χ4n) is 9.16. The average molecular weight is 1090 g/mol. The molecule has 0 heterocycles. The topological polar surface area (TPSA) is 190 Å². The molecule has 0 aliphatic carbocycles. The lowest BCUT2D eigenvalue weighted by Gasteiger charge is -2.36. The Kier molecular flexibility index (Phi) is 21.3. The van der Waals surface area contributed by atoms with Gasteiger partial charge in [0.25, 0.3) is 0 Å². The first-order valence-electron chi connectivity index (χ1n) is 25.3. The summed E-state index contributed by atoms with van der Waals surface area (Å²) in [4.78, 5) is 33.9. The van der Waals surface area contributed by atoms with Gasteiger partial charge in [0.1, 0.15) is 18.1 Å². The summed E-state index contributed by atoms with van der Waals surface area (Å²) in [6, 6.07) is 88.7. The van der Waals surface area contributed by atoms with Crippen molar-refractivity contribution in [3.63, 3.8) is 0 Å². The van der Waals surface area contributed by atoms with Gasteiger partial charge in [-0.15, -0.1) is 35.3 Å². The van der Waals surface area contributed by atoms with E-state index in [0.29, 0.717) is 17.3 Å². The van der Waals surface area contributed by atoms with Crippen LogP contribution in [0.2, 0.25) is 0 Å². The smallest absolute Gasteiger partial charge is 0.321 e. The number of nitrogens with two attached hydrogens (primary N) is 3. The predicted molar refractivity (Wildman–Crippen MR) is 322 cm³/mol. The molecule has 0 radical (unpaired) electrons. The first-order chi connectivity index (χ1) is 37.9. The number of carbonyl (C=O) groups is 3. The second kappa shape index (κ2) is 28.6.